The Labute approximate surface area is 128 Å². The predicted molar refractivity (Wildman–Crippen MR) is 93.5 cm³/mol. The minimum Gasteiger partial charge on any atom is -0.0925 e. The first-order valence-electron chi connectivity index (χ1n) is 6.73. The van der Waals surface area contributed by atoms with Crippen molar-refractivity contribution in [2.45, 2.75) is 53.9 Å². The van der Waals surface area contributed by atoms with Crippen LogP contribution in [0.2, 0.25) is 0 Å². The van der Waals surface area contributed by atoms with Crippen molar-refractivity contribution < 1.29 is 2.85 Å². The van der Waals surface area contributed by atoms with Gasteiger partial charge in [0.1, 0.15) is 0 Å². The van der Waals surface area contributed by atoms with Gasteiger partial charge in [0.2, 0.25) is 0 Å². The number of benzene rings is 1. The molecule has 0 aromatic heterocycles. The SMILES string of the molecule is CC#CC#CC#CC.Cc1cc(C)cc(C(C)(C)C)c1.[HH].[HH]. The Bertz CT molecular complexity index is 571. The molecule has 0 N–H and O–H groups in total. The standard InChI is InChI=1S/C12H18.C8H6.2H2/c1-9-6-10(2)8-11(7-9)12(3,4)5;1-3-5-7-8-6-4-2;;/h6-8H,1-5H3;1-2H3;2*1H. The largest absolute Gasteiger partial charge is 0.0925 e. The number of aryl methyl sites for hydroxylation is 2. The fourth-order valence-corrected chi connectivity index (χ4v) is 1.60. The lowest BCUT2D eigenvalue weighted by Crippen LogP contribution is -2.11. The van der Waals surface area contributed by atoms with Crippen molar-refractivity contribution in [1.29, 1.82) is 0 Å². The van der Waals surface area contributed by atoms with Crippen molar-refractivity contribution in [1.82, 2.24) is 0 Å². The van der Waals surface area contributed by atoms with Crippen LogP contribution in [0, 0.1) is 49.4 Å². The molecule has 108 valence electrons. The Hall–Kier alpha value is -2.10. The molecular weight excluding hydrogens is 240 g/mol. The molecular formula is C20H28. The number of rotatable bonds is 0. The third-order valence-corrected chi connectivity index (χ3v) is 2.53. The van der Waals surface area contributed by atoms with Crippen LogP contribution in [-0.4, -0.2) is 0 Å². The fraction of sp³-hybridized carbons (Fsp3) is 0.400. The lowest BCUT2D eigenvalue weighted by molar-refractivity contribution is 0.589. The maximum absolute atomic E-state index is 2.64. The van der Waals surface area contributed by atoms with Gasteiger partial charge in [-0.3, -0.25) is 0 Å². The van der Waals surface area contributed by atoms with Crippen LogP contribution in [0.15, 0.2) is 18.2 Å². The molecule has 0 atom stereocenters. The molecule has 0 heteroatoms. The van der Waals surface area contributed by atoms with E-state index in [2.05, 4.69) is 88.3 Å². The second-order valence-electron chi connectivity index (χ2n) is 5.63. The van der Waals surface area contributed by atoms with Crippen molar-refractivity contribution in [2.75, 3.05) is 0 Å². The summed E-state index contributed by atoms with van der Waals surface area (Å²) in [7, 11) is 0. The summed E-state index contributed by atoms with van der Waals surface area (Å²) >= 11 is 0. The van der Waals surface area contributed by atoms with Crippen molar-refractivity contribution in [3.63, 3.8) is 0 Å². The van der Waals surface area contributed by atoms with Gasteiger partial charge in [0.15, 0.2) is 0 Å². The van der Waals surface area contributed by atoms with Crippen LogP contribution in [-0.2, 0) is 5.41 Å². The molecule has 1 rings (SSSR count). The van der Waals surface area contributed by atoms with Gasteiger partial charge in [-0.2, -0.15) is 0 Å². The zero-order valence-electron chi connectivity index (χ0n) is 13.7. The fourth-order valence-electron chi connectivity index (χ4n) is 1.60. The maximum Gasteiger partial charge on any atom is 0 e. The summed E-state index contributed by atoms with van der Waals surface area (Å²) in [6.45, 7) is 14.6. The van der Waals surface area contributed by atoms with Gasteiger partial charge in [-0.25, -0.2) is 0 Å². The summed E-state index contributed by atoms with van der Waals surface area (Å²) in [5.41, 5.74) is 4.43. The summed E-state index contributed by atoms with van der Waals surface area (Å²) < 4.78 is 0. The van der Waals surface area contributed by atoms with E-state index in [4.69, 9.17) is 0 Å². The third-order valence-electron chi connectivity index (χ3n) is 2.53. The lowest BCUT2D eigenvalue weighted by Gasteiger charge is -2.20. The van der Waals surface area contributed by atoms with Crippen LogP contribution in [0.25, 0.3) is 0 Å². The lowest BCUT2D eigenvalue weighted by atomic mass is 9.85. The van der Waals surface area contributed by atoms with E-state index < -0.39 is 0 Å². The molecule has 1 aromatic carbocycles. The zero-order chi connectivity index (χ0) is 15.6. The highest BCUT2D eigenvalue weighted by molar-refractivity contribution is 5.34. The molecule has 0 bridgehead atoms. The molecule has 0 unspecified atom stereocenters. The first-order valence-corrected chi connectivity index (χ1v) is 6.73. The van der Waals surface area contributed by atoms with E-state index in [1.165, 1.54) is 16.7 Å². The molecule has 0 aliphatic rings. The van der Waals surface area contributed by atoms with Gasteiger partial charge in [-0.05, 0) is 62.4 Å². The first-order chi connectivity index (χ1) is 9.31. The molecule has 0 saturated carbocycles. The predicted octanol–water partition coefficient (Wildman–Crippen LogP) is 5.13. The molecule has 0 heterocycles. The van der Waals surface area contributed by atoms with Crippen molar-refractivity contribution in [3.8, 4) is 35.5 Å². The second-order valence-corrected chi connectivity index (χ2v) is 5.63. The Morgan fingerprint density at radius 2 is 1.15 bits per heavy atom. The van der Waals surface area contributed by atoms with Gasteiger partial charge in [0.25, 0.3) is 0 Å². The van der Waals surface area contributed by atoms with Gasteiger partial charge in [-0.15, -0.1) is 0 Å². The number of hydrogen-bond donors (Lipinski definition) is 0. The molecule has 0 fully saturated rings. The van der Waals surface area contributed by atoms with E-state index in [-0.39, 0.29) is 8.27 Å². The summed E-state index contributed by atoms with van der Waals surface area (Å²) in [4.78, 5) is 0. The summed E-state index contributed by atoms with van der Waals surface area (Å²) in [5, 5.41) is 0. The van der Waals surface area contributed by atoms with Crippen LogP contribution < -0.4 is 0 Å². The summed E-state index contributed by atoms with van der Waals surface area (Å²) in [6.07, 6.45) is 0. The van der Waals surface area contributed by atoms with E-state index in [1.54, 1.807) is 13.8 Å². The van der Waals surface area contributed by atoms with E-state index in [9.17, 15) is 0 Å². The van der Waals surface area contributed by atoms with Crippen molar-refractivity contribution in [2.24, 2.45) is 0 Å². The minimum atomic E-state index is 0. The van der Waals surface area contributed by atoms with Crippen molar-refractivity contribution in [3.05, 3.63) is 34.9 Å². The first kappa shape index (κ1) is 17.9. The molecule has 0 aliphatic heterocycles. The van der Waals surface area contributed by atoms with Crippen LogP contribution >= 0.6 is 0 Å². The molecule has 0 aliphatic carbocycles. The van der Waals surface area contributed by atoms with Gasteiger partial charge >= 0.3 is 0 Å². The van der Waals surface area contributed by atoms with Crippen LogP contribution in [0.4, 0.5) is 0 Å². The zero-order valence-corrected chi connectivity index (χ0v) is 13.7. The van der Waals surface area contributed by atoms with E-state index in [0.717, 1.165) is 0 Å². The summed E-state index contributed by atoms with van der Waals surface area (Å²) in [6, 6.07) is 6.76. The average molecular weight is 268 g/mol. The molecule has 0 nitrogen and oxygen atoms in total. The van der Waals surface area contributed by atoms with Gasteiger partial charge in [-0.1, -0.05) is 61.9 Å². The Morgan fingerprint density at radius 1 is 0.750 bits per heavy atom. The Morgan fingerprint density at radius 3 is 1.45 bits per heavy atom. The van der Waals surface area contributed by atoms with E-state index >= 15 is 0 Å². The third kappa shape index (κ3) is 8.08. The molecule has 0 amide bonds. The van der Waals surface area contributed by atoms with Gasteiger partial charge < -0.3 is 0 Å². The molecule has 0 spiro atoms. The minimum absolute atomic E-state index is 0. The van der Waals surface area contributed by atoms with Crippen molar-refractivity contribution >= 4 is 0 Å². The van der Waals surface area contributed by atoms with Gasteiger partial charge in [0.05, 0.1) is 0 Å². The van der Waals surface area contributed by atoms with Gasteiger partial charge in [0, 0.05) is 2.85 Å². The topological polar surface area (TPSA) is 0 Å². The van der Waals surface area contributed by atoms with E-state index in [0.29, 0.717) is 0 Å². The Kier molecular flexibility index (Phi) is 7.97. The highest BCUT2D eigenvalue weighted by Crippen LogP contribution is 2.23. The normalized spacial score (nSPS) is 8.55. The molecule has 1 aromatic rings. The van der Waals surface area contributed by atoms with E-state index in [1.807, 2.05) is 0 Å². The summed E-state index contributed by atoms with van der Waals surface area (Å²) in [5.74, 6) is 15.5. The second kappa shape index (κ2) is 8.91. The highest BCUT2D eigenvalue weighted by Gasteiger charge is 2.13. The smallest absolute Gasteiger partial charge is 0 e. The number of hydrogen-bond acceptors (Lipinski definition) is 0. The molecule has 20 heavy (non-hydrogen) atoms. The van der Waals surface area contributed by atoms with Crippen LogP contribution in [0.3, 0.4) is 0 Å². The average Bonchev–Trinajstić information content (AvgIpc) is 2.33. The quantitative estimate of drug-likeness (QED) is 0.572. The molecule has 0 saturated heterocycles. The Balaban J connectivity index is -0.000000323. The molecule has 0 radical (unpaired) electrons. The van der Waals surface area contributed by atoms with Crippen LogP contribution in [0.5, 0.6) is 0 Å². The maximum atomic E-state index is 2.64. The van der Waals surface area contributed by atoms with Crippen LogP contribution in [0.1, 0.15) is 54.2 Å². The highest BCUT2D eigenvalue weighted by atomic mass is 14.2. The monoisotopic (exact) mass is 268 g/mol.